The molecule has 1 saturated heterocycles. The molecule has 0 aliphatic carbocycles. The summed E-state index contributed by atoms with van der Waals surface area (Å²) in [4.78, 5) is 25.0. The lowest BCUT2D eigenvalue weighted by Crippen LogP contribution is -2.54. The Morgan fingerprint density at radius 2 is 1.45 bits per heavy atom. The number of nitro benzene ring substituents is 1. The van der Waals surface area contributed by atoms with Crippen molar-refractivity contribution in [3.63, 3.8) is 0 Å². The summed E-state index contributed by atoms with van der Waals surface area (Å²) < 4.78 is 41.7. The summed E-state index contributed by atoms with van der Waals surface area (Å²) in [6.07, 6.45) is -0.541. The van der Waals surface area contributed by atoms with Gasteiger partial charge in [0.05, 0.1) is 30.5 Å². The van der Waals surface area contributed by atoms with Gasteiger partial charge in [-0.25, -0.2) is 4.98 Å². The van der Waals surface area contributed by atoms with E-state index in [2.05, 4.69) is 117 Å². The first kappa shape index (κ1) is 42.8. The molecule has 1 fully saturated rings. The quantitative estimate of drug-likeness (QED) is 0.0996. The molecule has 14 nitrogen and oxygen atoms in total. The molecule has 0 bridgehead atoms. The molecule has 0 spiro atoms. The maximum atomic E-state index is 11.8. The monoisotopic (exact) mass is 790 g/mol. The predicted molar refractivity (Wildman–Crippen MR) is 215 cm³/mol. The van der Waals surface area contributed by atoms with Crippen LogP contribution in [0.5, 0.6) is 11.6 Å². The first-order valence-corrected chi connectivity index (χ1v) is 26.9. The van der Waals surface area contributed by atoms with Gasteiger partial charge in [-0.05, 0) is 66.5 Å². The number of hydrogen-bond acceptors (Lipinski definition) is 12. The SMILES string of the molecule is COc1ccc([N+](=O)[O-])c(COc2nc(N)nc3c2ncn3[C@@H]2O[C@H](CO[Si](C)(C)C(C)(C)C)[C@@H](O[Si](C)(C)C(C)(C)C)[C@H]2O[Si](C)(C)C(C)(C)C)c1. The summed E-state index contributed by atoms with van der Waals surface area (Å²) in [6, 6.07) is 4.46. The number of benzene rings is 1. The second kappa shape index (κ2) is 15.0. The number of ether oxygens (including phenoxy) is 3. The third kappa shape index (κ3) is 9.14. The van der Waals surface area contributed by atoms with Crippen molar-refractivity contribution in [2.24, 2.45) is 0 Å². The summed E-state index contributed by atoms with van der Waals surface area (Å²) in [6.45, 7) is 33.5. The van der Waals surface area contributed by atoms with Crippen LogP contribution in [0.25, 0.3) is 11.2 Å². The summed E-state index contributed by atoms with van der Waals surface area (Å²) in [5, 5.41) is 11.6. The Kier molecular flexibility index (Phi) is 12.1. The number of fused-ring (bicyclic) bond motifs is 1. The van der Waals surface area contributed by atoms with Crippen molar-refractivity contribution >= 4 is 47.8 Å². The molecule has 3 aromatic rings. The first-order valence-electron chi connectivity index (χ1n) is 18.2. The highest BCUT2D eigenvalue weighted by Gasteiger charge is 2.55. The summed E-state index contributed by atoms with van der Waals surface area (Å²) in [7, 11) is -5.48. The molecule has 1 aliphatic rings. The average molecular weight is 791 g/mol. The maximum absolute atomic E-state index is 11.8. The third-order valence-corrected chi connectivity index (χ3v) is 25.2. The van der Waals surface area contributed by atoms with Crippen molar-refractivity contribution in [3.05, 3.63) is 40.2 Å². The summed E-state index contributed by atoms with van der Waals surface area (Å²) in [5.41, 5.74) is 7.17. The highest BCUT2D eigenvalue weighted by atomic mass is 28.4. The number of nitrogens with zero attached hydrogens (tertiary/aromatic N) is 5. The van der Waals surface area contributed by atoms with Crippen LogP contribution in [0.3, 0.4) is 0 Å². The first-order chi connectivity index (χ1) is 24.1. The van der Waals surface area contributed by atoms with E-state index in [1.54, 1.807) is 12.4 Å². The standard InChI is InChI=1S/C36H62N6O8Si3/c1-34(2,3)51(11,12)47-21-26-28(49-52(13,14)35(4,5)6)29(50-53(15,16)36(7,8)9)32(48-26)41-22-38-27-30(41)39-33(37)40-31(27)46-20-23-19-24(45-10)17-18-25(23)42(43)44/h17-19,22,26,28-29,32H,20-21H2,1-16H3,(H2,37,39,40)/t26-,28-,29-,32-/m1/s1. The molecule has 2 aromatic heterocycles. The molecule has 0 radical (unpaired) electrons. The van der Waals surface area contributed by atoms with Gasteiger partial charge in [0.25, 0.3) is 5.69 Å². The van der Waals surface area contributed by atoms with Crippen LogP contribution in [0, 0.1) is 10.1 Å². The van der Waals surface area contributed by atoms with Crippen molar-refractivity contribution < 1.29 is 32.4 Å². The van der Waals surface area contributed by atoms with Gasteiger partial charge in [0.2, 0.25) is 11.8 Å². The van der Waals surface area contributed by atoms with Gasteiger partial charge in [-0.2, -0.15) is 9.97 Å². The van der Waals surface area contributed by atoms with Crippen molar-refractivity contribution in [1.29, 1.82) is 0 Å². The topological polar surface area (TPSA) is 168 Å². The van der Waals surface area contributed by atoms with Gasteiger partial charge in [0, 0.05) is 6.07 Å². The fraction of sp³-hybridized carbons (Fsp3) is 0.694. The highest BCUT2D eigenvalue weighted by Crippen LogP contribution is 2.47. The zero-order chi connectivity index (χ0) is 40.1. The van der Waals surface area contributed by atoms with Crippen LogP contribution in [0.4, 0.5) is 11.6 Å². The number of methoxy groups -OCH3 is 1. The molecule has 17 heteroatoms. The second-order valence-corrected chi connectivity index (χ2v) is 32.9. The minimum Gasteiger partial charge on any atom is -0.497 e. The summed E-state index contributed by atoms with van der Waals surface area (Å²) >= 11 is 0. The number of anilines is 1. The van der Waals surface area contributed by atoms with E-state index in [1.807, 2.05) is 4.57 Å². The van der Waals surface area contributed by atoms with Crippen LogP contribution in [0.1, 0.15) is 74.1 Å². The van der Waals surface area contributed by atoms with Crippen molar-refractivity contribution in [2.75, 3.05) is 19.5 Å². The van der Waals surface area contributed by atoms with E-state index < -0.39 is 54.4 Å². The lowest BCUT2D eigenvalue weighted by atomic mass is 10.1. The van der Waals surface area contributed by atoms with Gasteiger partial charge >= 0.3 is 0 Å². The number of hydrogen-bond donors (Lipinski definition) is 1. The fourth-order valence-corrected chi connectivity index (χ4v) is 8.82. The van der Waals surface area contributed by atoms with E-state index in [0.717, 1.165) is 0 Å². The van der Waals surface area contributed by atoms with Crippen LogP contribution >= 0.6 is 0 Å². The van der Waals surface area contributed by atoms with Gasteiger partial charge in [-0.3, -0.25) is 14.7 Å². The number of nitrogens with two attached hydrogens (primary N) is 1. The number of rotatable bonds is 13. The average Bonchev–Trinajstić information content (AvgIpc) is 3.57. The molecule has 3 heterocycles. The van der Waals surface area contributed by atoms with Gasteiger partial charge in [0.1, 0.15) is 30.7 Å². The second-order valence-electron chi connectivity index (χ2n) is 18.6. The van der Waals surface area contributed by atoms with Crippen LogP contribution < -0.4 is 15.2 Å². The van der Waals surface area contributed by atoms with E-state index in [1.165, 1.54) is 19.2 Å². The predicted octanol–water partition coefficient (Wildman–Crippen LogP) is 8.60. The Bertz CT molecular complexity index is 1780. The normalized spacial score (nSPS) is 20.6. The zero-order valence-electron chi connectivity index (χ0n) is 34.6. The number of nitrogen functional groups attached to an aromatic ring is 1. The van der Waals surface area contributed by atoms with Gasteiger partial charge in [-0.15, -0.1) is 0 Å². The smallest absolute Gasteiger partial charge is 0.276 e. The van der Waals surface area contributed by atoms with E-state index in [-0.39, 0.29) is 39.2 Å². The maximum Gasteiger partial charge on any atom is 0.276 e. The number of aromatic nitrogens is 4. The molecule has 4 rings (SSSR count). The van der Waals surface area contributed by atoms with Crippen LogP contribution in [-0.4, -0.2) is 81.4 Å². The lowest BCUT2D eigenvalue weighted by molar-refractivity contribution is -0.385. The molecule has 1 aromatic carbocycles. The van der Waals surface area contributed by atoms with E-state index in [0.29, 0.717) is 29.1 Å². The zero-order valence-corrected chi connectivity index (χ0v) is 37.6. The molecule has 296 valence electrons. The van der Waals surface area contributed by atoms with Gasteiger partial charge in [0.15, 0.2) is 42.3 Å². The Morgan fingerprint density at radius 3 is 1.98 bits per heavy atom. The molecule has 0 saturated carbocycles. The summed E-state index contributed by atoms with van der Waals surface area (Å²) in [5.74, 6) is 0.481. The van der Waals surface area contributed by atoms with Crippen molar-refractivity contribution in [3.8, 4) is 11.6 Å². The minimum absolute atomic E-state index is 0.00542. The number of nitro groups is 1. The van der Waals surface area contributed by atoms with Gasteiger partial charge < -0.3 is 33.2 Å². The van der Waals surface area contributed by atoms with Gasteiger partial charge in [-0.1, -0.05) is 62.3 Å². The largest absolute Gasteiger partial charge is 0.497 e. The Labute approximate surface area is 318 Å². The molecule has 53 heavy (non-hydrogen) atoms. The molecule has 4 atom stereocenters. The van der Waals surface area contributed by atoms with Crippen molar-refractivity contribution in [2.45, 2.75) is 148 Å². The number of imidazole rings is 1. The van der Waals surface area contributed by atoms with E-state index in [9.17, 15) is 10.1 Å². The molecular formula is C36H62N6O8Si3. The molecule has 0 amide bonds. The van der Waals surface area contributed by atoms with Crippen LogP contribution in [0.2, 0.25) is 54.4 Å². The van der Waals surface area contributed by atoms with E-state index >= 15 is 0 Å². The highest BCUT2D eigenvalue weighted by molar-refractivity contribution is 6.75. The Hall–Kier alpha value is -2.94. The van der Waals surface area contributed by atoms with Crippen LogP contribution in [0.15, 0.2) is 24.5 Å². The minimum atomic E-state index is -2.43. The molecule has 0 unspecified atom stereocenters. The van der Waals surface area contributed by atoms with Crippen LogP contribution in [-0.2, 0) is 24.6 Å². The Morgan fingerprint density at radius 1 is 0.887 bits per heavy atom. The van der Waals surface area contributed by atoms with E-state index in [4.69, 9.17) is 33.2 Å². The third-order valence-electron chi connectivity index (χ3n) is 11.7. The lowest BCUT2D eigenvalue weighted by Gasteiger charge is -2.44. The molecule has 2 N–H and O–H groups in total. The molecule has 1 aliphatic heterocycles. The van der Waals surface area contributed by atoms with Crippen molar-refractivity contribution in [1.82, 2.24) is 19.5 Å². The molecular weight excluding hydrogens is 729 g/mol. The fourth-order valence-electron chi connectivity index (χ4n) is 5.20. The Balaban J connectivity index is 1.84.